The molecule has 0 saturated heterocycles. The largest absolute Gasteiger partial charge is 0.446 e. The molecule has 0 saturated carbocycles. The van der Waals surface area contributed by atoms with Crippen molar-refractivity contribution in [3.8, 4) is 0 Å². The van der Waals surface area contributed by atoms with Gasteiger partial charge < -0.3 is 14.7 Å². The molecule has 0 aliphatic rings. The smallest absolute Gasteiger partial charge is 0.226 e. The lowest BCUT2D eigenvalue weighted by atomic mass is 10.7. The zero-order valence-electron chi connectivity index (χ0n) is 4.93. The normalized spacial score (nSPS) is 16.6. The van der Waals surface area contributed by atoms with Gasteiger partial charge in [0.2, 0.25) is 5.89 Å². The summed E-state index contributed by atoms with van der Waals surface area (Å²) in [6.07, 6.45) is 2.66. The minimum Gasteiger partial charge on any atom is -0.446 e. The van der Waals surface area contributed by atoms with Gasteiger partial charge >= 0.3 is 0 Å². The topological polar surface area (TPSA) is 89.4 Å². The molecule has 0 radical (unpaired) electrons. The summed E-state index contributed by atoms with van der Waals surface area (Å²) < 4.78 is 23.4. The molecule has 1 heterocycles. The van der Waals surface area contributed by atoms with Crippen molar-refractivity contribution >= 4 is 11.1 Å². The van der Waals surface area contributed by atoms with Crippen molar-refractivity contribution in [1.29, 1.82) is 0 Å². The average molecular weight is 162 g/mol. The van der Waals surface area contributed by atoms with E-state index >= 15 is 0 Å². The van der Waals surface area contributed by atoms with E-state index in [1.54, 1.807) is 0 Å². The quantitative estimate of drug-likeness (QED) is 0.590. The van der Waals surface area contributed by atoms with Gasteiger partial charge in [0.25, 0.3) is 0 Å². The van der Waals surface area contributed by atoms with Gasteiger partial charge in [-0.3, -0.25) is 0 Å². The van der Waals surface area contributed by atoms with Crippen LogP contribution in [0, 0.1) is 0 Å². The molecule has 56 valence electrons. The van der Waals surface area contributed by atoms with Gasteiger partial charge in [-0.2, -0.15) is 0 Å². The second-order valence-corrected chi connectivity index (χ2v) is 2.63. The molecule has 1 aromatic heterocycles. The third kappa shape index (κ3) is 1.41. The molecule has 5 nitrogen and oxygen atoms in total. The van der Waals surface area contributed by atoms with Crippen LogP contribution in [0.2, 0.25) is 0 Å². The maximum absolute atomic E-state index is 10.3. The minimum absolute atomic E-state index is 0.0702. The van der Waals surface area contributed by atoms with Crippen molar-refractivity contribution in [3.05, 3.63) is 18.4 Å². The third-order valence-corrected chi connectivity index (χ3v) is 1.55. The van der Waals surface area contributed by atoms with E-state index in [-0.39, 0.29) is 5.89 Å². The number of aromatic nitrogens is 1. The van der Waals surface area contributed by atoms with Gasteiger partial charge in [-0.15, -0.1) is 0 Å². The monoisotopic (exact) mass is 162 g/mol. The molecule has 0 spiro atoms. The van der Waals surface area contributed by atoms with Crippen LogP contribution < -0.4 is 5.73 Å². The number of nitrogens with two attached hydrogens (primary N) is 1. The van der Waals surface area contributed by atoms with Crippen LogP contribution in [0.3, 0.4) is 0 Å². The highest BCUT2D eigenvalue weighted by atomic mass is 32.2. The molecule has 1 rings (SSSR count). The molecule has 1 aromatic rings. The van der Waals surface area contributed by atoms with Crippen LogP contribution >= 0.6 is 0 Å². The van der Waals surface area contributed by atoms with Crippen molar-refractivity contribution in [1.82, 2.24) is 4.98 Å². The van der Waals surface area contributed by atoms with E-state index in [1.165, 1.54) is 12.5 Å². The van der Waals surface area contributed by atoms with Gasteiger partial charge in [-0.05, 0) is 0 Å². The molecular weight excluding hydrogens is 156 g/mol. The van der Waals surface area contributed by atoms with Crippen LogP contribution in [-0.4, -0.2) is 13.7 Å². The van der Waals surface area contributed by atoms with Gasteiger partial charge in [-0.1, -0.05) is 0 Å². The van der Waals surface area contributed by atoms with Crippen LogP contribution in [0.5, 0.6) is 0 Å². The predicted octanol–water partition coefficient (Wildman–Crippen LogP) is -0.146. The number of oxazole rings is 1. The molecule has 0 fully saturated rings. The maximum Gasteiger partial charge on any atom is 0.226 e. The Bertz CT molecular complexity index is 222. The van der Waals surface area contributed by atoms with Gasteiger partial charge in [0.05, 0.1) is 6.20 Å². The van der Waals surface area contributed by atoms with Crippen molar-refractivity contribution in [2.24, 2.45) is 5.73 Å². The summed E-state index contributed by atoms with van der Waals surface area (Å²) >= 11 is -2.12. The molecule has 0 aromatic carbocycles. The SMILES string of the molecule is NC(c1ncco1)S(=O)O. The van der Waals surface area contributed by atoms with Gasteiger partial charge in [0, 0.05) is 0 Å². The fraction of sp³-hybridized carbons (Fsp3) is 0.250. The third-order valence-electron chi connectivity index (χ3n) is 0.912. The van der Waals surface area contributed by atoms with Gasteiger partial charge in [-0.25, -0.2) is 9.19 Å². The molecule has 2 atom stereocenters. The maximum atomic E-state index is 10.3. The molecule has 0 amide bonds. The number of rotatable bonds is 2. The van der Waals surface area contributed by atoms with Crippen molar-refractivity contribution in [2.75, 3.05) is 0 Å². The van der Waals surface area contributed by atoms with Crippen molar-refractivity contribution in [3.63, 3.8) is 0 Å². The molecular formula is C4H6N2O3S. The van der Waals surface area contributed by atoms with Crippen LogP contribution in [0.15, 0.2) is 16.9 Å². The summed E-state index contributed by atoms with van der Waals surface area (Å²) in [7, 11) is 0. The highest BCUT2D eigenvalue weighted by Crippen LogP contribution is 2.08. The first-order valence-electron chi connectivity index (χ1n) is 2.46. The highest BCUT2D eigenvalue weighted by molar-refractivity contribution is 7.79. The Morgan fingerprint density at radius 3 is 3.00 bits per heavy atom. The predicted molar refractivity (Wildman–Crippen MR) is 34.2 cm³/mol. The van der Waals surface area contributed by atoms with E-state index in [0.717, 1.165) is 0 Å². The van der Waals surface area contributed by atoms with Gasteiger partial charge in [0.15, 0.2) is 16.5 Å². The standard InChI is InChI=1S/C4H6N2O3S/c5-3(10(7)8)4-6-1-2-9-4/h1-3H,5H2,(H,7,8). The lowest BCUT2D eigenvalue weighted by Gasteiger charge is -1.98. The van der Waals surface area contributed by atoms with E-state index in [0.29, 0.717) is 0 Å². The number of hydrogen-bond acceptors (Lipinski definition) is 4. The van der Waals surface area contributed by atoms with Gasteiger partial charge in [0.1, 0.15) is 6.26 Å². The Kier molecular flexibility index (Phi) is 2.15. The van der Waals surface area contributed by atoms with Crippen LogP contribution in [0.25, 0.3) is 0 Å². The Balaban J connectivity index is 2.77. The zero-order chi connectivity index (χ0) is 7.56. The summed E-state index contributed by atoms with van der Waals surface area (Å²) in [4.78, 5) is 3.59. The Morgan fingerprint density at radius 2 is 2.60 bits per heavy atom. The van der Waals surface area contributed by atoms with E-state index in [1.807, 2.05) is 0 Å². The fourth-order valence-electron chi connectivity index (χ4n) is 0.461. The molecule has 0 bridgehead atoms. The number of nitrogens with zero attached hydrogens (tertiary/aromatic N) is 1. The van der Waals surface area contributed by atoms with E-state index < -0.39 is 16.5 Å². The lowest BCUT2D eigenvalue weighted by Crippen LogP contribution is -2.15. The van der Waals surface area contributed by atoms with E-state index in [9.17, 15) is 4.21 Å². The van der Waals surface area contributed by atoms with Crippen molar-refractivity contribution in [2.45, 2.75) is 5.37 Å². The average Bonchev–Trinajstić information content (AvgIpc) is 2.36. The molecule has 2 unspecified atom stereocenters. The Morgan fingerprint density at radius 1 is 1.90 bits per heavy atom. The van der Waals surface area contributed by atoms with Crippen LogP contribution in [-0.2, 0) is 11.1 Å². The summed E-state index contributed by atoms with van der Waals surface area (Å²) in [5.74, 6) is 0.0702. The summed E-state index contributed by atoms with van der Waals surface area (Å²) in [6.45, 7) is 0. The minimum atomic E-state index is -2.12. The van der Waals surface area contributed by atoms with E-state index in [4.69, 9.17) is 10.3 Å². The first-order valence-corrected chi connectivity index (χ1v) is 3.63. The zero-order valence-corrected chi connectivity index (χ0v) is 5.75. The molecule has 0 aliphatic heterocycles. The Hall–Kier alpha value is -0.720. The summed E-state index contributed by atoms with van der Waals surface area (Å²) in [6, 6.07) is 0. The first-order chi connectivity index (χ1) is 4.72. The second kappa shape index (κ2) is 2.91. The molecule has 6 heteroatoms. The van der Waals surface area contributed by atoms with Crippen LogP contribution in [0.1, 0.15) is 11.3 Å². The molecule has 0 aliphatic carbocycles. The first kappa shape index (κ1) is 7.39. The van der Waals surface area contributed by atoms with E-state index in [2.05, 4.69) is 9.40 Å². The summed E-state index contributed by atoms with van der Waals surface area (Å²) in [5.41, 5.74) is 5.18. The summed E-state index contributed by atoms with van der Waals surface area (Å²) in [5, 5.41) is -1.05. The Labute approximate surface area is 59.5 Å². The van der Waals surface area contributed by atoms with Crippen molar-refractivity contribution < 1.29 is 13.2 Å². The number of hydrogen-bond donors (Lipinski definition) is 2. The second-order valence-electron chi connectivity index (χ2n) is 1.57. The fourth-order valence-corrected chi connectivity index (χ4v) is 0.750. The highest BCUT2D eigenvalue weighted by Gasteiger charge is 2.15. The molecule has 10 heavy (non-hydrogen) atoms. The molecule has 3 N–H and O–H groups in total. The lowest BCUT2D eigenvalue weighted by molar-refractivity contribution is 0.473. The van der Waals surface area contributed by atoms with Crippen LogP contribution in [0.4, 0.5) is 0 Å².